The number of unbranched alkanes of at least 4 members (excludes halogenated alkanes) is 4. The third kappa shape index (κ3) is 11.3. The molecule has 2 bridgehead atoms. The van der Waals surface area contributed by atoms with Crippen LogP contribution in [-0.4, -0.2) is 17.7 Å². The third-order valence-electron chi connectivity index (χ3n) is 5.26. The second kappa shape index (κ2) is 14.5. The highest BCUT2D eigenvalue weighted by molar-refractivity contribution is 5.68. The fourth-order valence-corrected chi connectivity index (χ4v) is 3.62. The maximum Gasteiger partial charge on any atom is 0.408 e. The molecule has 1 heterocycles. The molecule has 170 valence electrons. The molecule has 0 spiro atoms. The lowest BCUT2D eigenvalue weighted by molar-refractivity contribution is 0.0505. The lowest BCUT2D eigenvalue weighted by Crippen LogP contribution is -2.42. The number of allylic oxidation sites excluding steroid dienone is 2. The van der Waals surface area contributed by atoms with Crippen molar-refractivity contribution in [1.82, 2.24) is 10.6 Å². The Bertz CT molecular complexity index is 501. The highest BCUT2D eigenvalue weighted by Crippen LogP contribution is 2.36. The maximum atomic E-state index is 11.9. The van der Waals surface area contributed by atoms with E-state index in [4.69, 9.17) is 4.74 Å². The normalized spacial score (nSPS) is 23.1. The van der Waals surface area contributed by atoms with Crippen LogP contribution in [0, 0.1) is 11.8 Å². The molecule has 2 aliphatic rings. The fourth-order valence-electron chi connectivity index (χ4n) is 3.62. The SMILES string of the molecule is C=C1NC2=CCCC(CC1NC(=O)OC(C)(C)C)C2C.CC.CCCCCCC. The van der Waals surface area contributed by atoms with Crippen molar-refractivity contribution in [1.29, 1.82) is 0 Å². The predicted octanol–water partition coefficient (Wildman–Crippen LogP) is 7.32. The van der Waals surface area contributed by atoms with Gasteiger partial charge in [0.05, 0.1) is 6.04 Å². The number of rotatable bonds is 5. The average molecular weight is 409 g/mol. The second-order valence-electron chi connectivity index (χ2n) is 8.93. The number of carbonyl (C=O) groups is 1. The van der Waals surface area contributed by atoms with Crippen LogP contribution in [0.4, 0.5) is 4.79 Å². The summed E-state index contributed by atoms with van der Waals surface area (Å²) in [5.74, 6) is 1.09. The lowest BCUT2D eigenvalue weighted by Gasteiger charge is -2.28. The molecule has 0 radical (unpaired) electrons. The predicted molar refractivity (Wildman–Crippen MR) is 126 cm³/mol. The molecule has 1 fully saturated rings. The summed E-state index contributed by atoms with van der Waals surface area (Å²) in [6.45, 7) is 20.4. The standard InChI is InChI=1S/C16H26N2O2.C7H16.C2H6/c1-10-12-7-6-8-13(10)17-11(2)14(9-12)18-15(19)20-16(3,4)5;1-3-5-7-6-4-2;1-2/h8,10,12,14,17H,2,6-7,9H2,1,3-5H3,(H,18,19);3-7H2,1-2H3;1-2H3. The molecule has 1 saturated heterocycles. The van der Waals surface area contributed by atoms with Gasteiger partial charge in [-0.2, -0.15) is 0 Å². The number of fused-ring (bicyclic) bond motifs is 2. The maximum absolute atomic E-state index is 11.9. The number of hydrogen-bond acceptors (Lipinski definition) is 3. The van der Waals surface area contributed by atoms with Gasteiger partial charge in [-0.3, -0.25) is 0 Å². The minimum Gasteiger partial charge on any atom is -0.444 e. The van der Waals surface area contributed by atoms with Crippen molar-refractivity contribution in [2.24, 2.45) is 11.8 Å². The van der Waals surface area contributed by atoms with Crippen LogP contribution >= 0.6 is 0 Å². The Morgan fingerprint density at radius 2 is 1.79 bits per heavy atom. The van der Waals surface area contributed by atoms with Gasteiger partial charge in [-0.1, -0.05) is 79.4 Å². The molecule has 0 aromatic heterocycles. The van der Waals surface area contributed by atoms with Crippen molar-refractivity contribution in [3.8, 4) is 0 Å². The molecule has 2 rings (SSSR count). The van der Waals surface area contributed by atoms with Crippen LogP contribution in [0.25, 0.3) is 0 Å². The van der Waals surface area contributed by atoms with E-state index in [0.717, 1.165) is 18.5 Å². The van der Waals surface area contributed by atoms with Gasteiger partial charge in [-0.05, 0) is 51.9 Å². The Morgan fingerprint density at radius 3 is 2.31 bits per heavy atom. The van der Waals surface area contributed by atoms with Crippen molar-refractivity contribution in [3.05, 3.63) is 24.0 Å². The molecule has 0 saturated carbocycles. The van der Waals surface area contributed by atoms with Crippen LogP contribution in [0.5, 0.6) is 0 Å². The van der Waals surface area contributed by atoms with Crippen molar-refractivity contribution in [2.75, 3.05) is 0 Å². The molecule has 1 aliphatic heterocycles. The Labute approximate surface area is 180 Å². The number of carbonyl (C=O) groups excluding carboxylic acids is 1. The Morgan fingerprint density at radius 1 is 1.21 bits per heavy atom. The molecule has 4 heteroatoms. The Hall–Kier alpha value is -1.45. The topological polar surface area (TPSA) is 50.4 Å². The summed E-state index contributed by atoms with van der Waals surface area (Å²) in [4.78, 5) is 11.9. The highest BCUT2D eigenvalue weighted by atomic mass is 16.6. The molecule has 0 aromatic carbocycles. The van der Waals surface area contributed by atoms with Gasteiger partial charge in [0, 0.05) is 11.4 Å². The molecule has 29 heavy (non-hydrogen) atoms. The number of amides is 1. The van der Waals surface area contributed by atoms with E-state index in [9.17, 15) is 4.79 Å². The molecule has 3 atom stereocenters. The van der Waals surface area contributed by atoms with Gasteiger partial charge in [0.25, 0.3) is 0 Å². The van der Waals surface area contributed by atoms with Gasteiger partial charge in [0.1, 0.15) is 5.60 Å². The van der Waals surface area contributed by atoms with E-state index in [1.807, 2.05) is 34.6 Å². The summed E-state index contributed by atoms with van der Waals surface area (Å²) in [6.07, 6.45) is 12.1. The molecule has 1 aliphatic carbocycles. The van der Waals surface area contributed by atoms with Gasteiger partial charge in [-0.25, -0.2) is 4.79 Å². The van der Waals surface area contributed by atoms with E-state index in [1.54, 1.807) is 0 Å². The van der Waals surface area contributed by atoms with Gasteiger partial charge in [-0.15, -0.1) is 0 Å². The van der Waals surface area contributed by atoms with Crippen molar-refractivity contribution >= 4 is 6.09 Å². The minimum absolute atomic E-state index is 0.0682. The zero-order valence-electron chi connectivity index (χ0n) is 20.5. The summed E-state index contributed by atoms with van der Waals surface area (Å²) in [6, 6.07) is -0.0682. The Balaban J connectivity index is 0.000000740. The molecular formula is C25H48N2O2. The van der Waals surface area contributed by atoms with Gasteiger partial charge in [0.2, 0.25) is 0 Å². The smallest absolute Gasteiger partial charge is 0.408 e. The van der Waals surface area contributed by atoms with E-state index in [0.29, 0.717) is 11.8 Å². The first-order chi connectivity index (χ1) is 13.7. The largest absolute Gasteiger partial charge is 0.444 e. The average Bonchev–Trinajstić information content (AvgIpc) is 2.70. The summed E-state index contributed by atoms with van der Waals surface area (Å²) in [5, 5.41) is 6.32. The lowest BCUT2D eigenvalue weighted by atomic mass is 9.80. The van der Waals surface area contributed by atoms with Crippen LogP contribution in [0.3, 0.4) is 0 Å². The quantitative estimate of drug-likeness (QED) is 0.468. The van der Waals surface area contributed by atoms with E-state index in [1.165, 1.54) is 44.2 Å². The third-order valence-corrected chi connectivity index (χ3v) is 5.26. The first-order valence-corrected chi connectivity index (χ1v) is 11.8. The van der Waals surface area contributed by atoms with Crippen molar-refractivity contribution in [3.63, 3.8) is 0 Å². The van der Waals surface area contributed by atoms with Crippen LogP contribution in [-0.2, 0) is 4.74 Å². The first kappa shape index (κ1) is 27.5. The van der Waals surface area contributed by atoms with E-state index < -0.39 is 5.60 Å². The van der Waals surface area contributed by atoms with Gasteiger partial charge >= 0.3 is 6.09 Å². The molecule has 2 N–H and O–H groups in total. The molecule has 1 amide bonds. The monoisotopic (exact) mass is 408 g/mol. The first-order valence-electron chi connectivity index (χ1n) is 11.8. The van der Waals surface area contributed by atoms with Gasteiger partial charge in [0.15, 0.2) is 0 Å². The summed E-state index contributed by atoms with van der Waals surface area (Å²) in [7, 11) is 0. The minimum atomic E-state index is -0.477. The summed E-state index contributed by atoms with van der Waals surface area (Å²) in [5.41, 5.74) is 1.63. The Kier molecular flexibility index (Phi) is 13.8. The van der Waals surface area contributed by atoms with Crippen LogP contribution in [0.15, 0.2) is 24.0 Å². The van der Waals surface area contributed by atoms with E-state index in [2.05, 4.69) is 44.1 Å². The van der Waals surface area contributed by atoms with E-state index in [-0.39, 0.29) is 12.1 Å². The van der Waals surface area contributed by atoms with E-state index >= 15 is 0 Å². The van der Waals surface area contributed by atoms with Crippen LogP contribution in [0.1, 0.15) is 107 Å². The molecule has 3 unspecified atom stereocenters. The number of alkyl carbamates (subject to hydrolysis) is 1. The zero-order chi connectivity index (χ0) is 22.4. The highest BCUT2D eigenvalue weighted by Gasteiger charge is 2.33. The number of ether oxygens (including phenoxy) is 1. The zero-order valence-corrected chi connectivity index (χ0v) is 20.5. The van der Waals surface area contributed by atoms with Crippen LogP contribution in [0.2, 0.25) is 0 Å². The fraction of sp³-hybridized carbons (Fsp3) is 0.800. The van der Waals surface area contributed by atoms with Crippen molar-refractivity contribution in [2.45, 2.75) is 118 Å². The van der Waals surface area contributed by atoms with Crippen LogP contribution < -0.4 is 10.6 Å². The molecule has 0 aromatic rings. The summed E-state index contributed by atoms with van der Waals surface area (Å²) >= 11 is 0. The molecular weight excluding hydrogens is 360 g/mol. The number of hydrogen-bond donors (Lipinski definition) is 2. The second-order valence-corrected chi connectivity index (χ2v) is 8.93. The van der Waals surface area contributed by atoms with Gasteiger partial charge < -0.3 is 15.4 Å². The summed E-state index contributed by atoms with van der Waals surface area (Å²) < 4.78 is 5.33. The van der Waals surface area contributed by atoms with Crippen molar-refractivity contribution < 1.29 is 9.53 Å². The number of nitrogens with one attached hydrogen (secondary N) is 2. The molecule has 4 nitrogen and oxygen atoms in total.